The maximum Gasteiger partial charge on any atom is 0.416 e. The van der Waals surface area contributed by atoms with E-state index in [9.17, 15) is 36.2 Å². The average Bonchev–Trinajstić information content (AvgIpc) is 2.93. The van der Waals surface area contributed by atoms with Crippen molar-refractivity contribution < 1.29 is 45.7 Å². The predicted molar refractivity (Wildman–Crippen MR) is 142 cm³/mol. The summed E-state index contributed by atoms with van der Waals surface area (Å²) in [5.74, 6) is -0.841. The van der Waals surface area contributed by atoms with Crippen molar-refractivity contribution in [3.8, 4) is 5.75 Å². The van der Waals surface area contributed by atoms with Crippen molar-refractivity contribution in [2.45, 2.75) is 37.8 Å². The molecule has 0 aliphatic carbocycles. The van der Waals surface area contributed by atoms with Crippen LogP contribution in [0.25, 0.3) is 0 Å². The SMILES string of the molecule is COC[C@H]1CN(CCN2CCN(C(=O)c3cc(C(F)(F)F)cc(C(F)(F)F)c3)[C@H](Cc3ccc(C)c(O)c3)C2)CCO1. The van der Waals surface area contributed by atoms with Gasteiger partial charge in [-0.05, 0) is 48.7 Å². The Morgan fingerprint density at radius 1 is 0.952 bits per heavy atom. The predicted octanol–water partition coefficient (Wildman–Crippen LogP) is 4.45. The number of piperazine rings is 1. The molecule has 2 fully saturated rings. The summed E-state index contributed by atoms with van der Waals surface area (Å²) in [4.78, 5) is 19.3. The van der Waals surface area contributed by atoms with Gasteiger partial charge in [-0.3, -0.25) is 14.6 Å². The smallest absolute Gasteiger partial charge is 0.416 e. The van der Waals surface area contributed by atoms with Gasteiger partial charge in [0.15, 0.2) is 0 Å². The zero-order chi connectivity index (χ0) is 30.7. The Kier molecular flexibility index (Phi) is 10.1. The summed E-state index contributed by atoms with van der Waals surface area (Å²) in [6.45, 7) is 6.49. The molecule has 2 aliphatic heterocycles. The molecule has 0 spiro atoms. The topological polar surface area (TPSA) is 65.5 Å². The molecule has 42 heavy (non-hydrogen) atoms. The number of amides is 1. The van der Waals surface area contributed by atoms with Crippen LogP contribution in [-0.4, -0.2) is 104 Å². The van der Waals surface area contributed by atoms with Crippen LogP contribution in [0.1, 0.15) is 32.6 Å². The second-order valence-corrected chi connectivity index (χ2v) is 10.8. The van der Waals surface area contributed by atoms with Crippen molar-refractivity contribution in [2.24, 2.45) is 0 Å². The molecular formula is C29H35F6N3O4. The van der Waals surface area contributed by atoms with E-state index in [1.807, 2.05) is 0 Å². The number of aryl methyl sites for hydroxylation is 1. The molecule has 0 saturated carbocycles. The number of ether oxygens (including phenoxy) is 2. The van der Waals surface area contributed by atoms with Crippen molar-refractivity contribution in [3.05, 3.63) is 64.2 Å². The lowest BCUT2D eigenvalue weighted by atomic mass is 9.98. The van der Waals surface area contributed by atoms with E-state index in [1.54, 1.807) is 32.2 Å². The number of methoxy groups -OCH3 is 1. The maximum absolute atomic E-state index is 13.6. The summed E-state index contributed by atoms with van der Waals surface area (Å²) < 4.78 is 91.8. The highest BCUT2D eigenvalue weighted by Crippen LogP contribution is 2.37. The van der Waals surface area contributed by atoms with Crippen molar-refractivity contribution in [2.75, 3.05) is 66.1 Å². The number of hydrogen-bond donors (Lipinski definition) is 1. The zero-order valence-corrected chi connectivity index (χ0v) is 23.5. The van der Waals surface area contributed by atoms with E-state index in [2.05, 4.69) is 9.80 Å². The summed E-state index contributed by atoms with van der Waals surface area (Å²) in [6, 6.07) is 5.49. The Balaban J connectivity index is 1.56. The van der Waals surface area contributed by atoms with Crippen LogP contribution in [0.4, 0.5) is 26.3 Å². The Hall–Kier alpha value is -2.87. The van der Waals surface area contributed by atoms with Gasteiger partial charge in [0.2, 0.25) is 0 Å². The van der Waals surface area contributed by atoms with Crippen LogP contribution < -0.4 is 0 Å². The molecule has 2 aromatic rings. The highest BCUT2D eigenvalue weighted by Gasteiger charge is 2.39. The van der Waals surface area contributed by atoms with Gasteiger partial charge in [-0.15, -0.1) is 0 Å². The Bertz CT molecular complexity index is 1200. The van der Waals surface area contributed by atoms with E-state index in [4.69, 9.17) is 9.47 Å². The van der Waals surface area contributed by atoms with Gasteiger partial charge in [-0.2, -0.15) is 26.3 Å². The first-order chi connectivity index (χ1) is 19.7. The zero-order valence-electron chi connectivity index (χ0n) is 23.5. The number of nitrogens with zero attached hydrogens (tertiary/aromatic N) is 3. The summed E-state index contributed by atoms with van der Waals surface area (Å²) in [5, 5.41) is 10.2. The second kappa shape index (κ2) is 13.2. The highest BCUT2D eigenvalue weighted by molar-refractivity contribution is 5.95. The van der Waals surface area contributed by atoms with Gasteiger partial charge < -0.3 is 19.5 Å². The summed E-state index contributed by atoms with van der Waals surface area (Å²) >= 11 is 0. The van der Waals surface area contributed by atoms with Gasteiger partial charge in [0, 0.05) is 64.5 Å². The molecule has 0 radical (unpaired) electrons. The quantitative estimate of drug-likeness (QED) is 0.450. The van der Waals surface area contributed by atoms with E-state index in [-0.39, 0.29) is 30.9 Å². The average molecular weight is 604 g/mol. The van der Waals surface area contributed by atoms with Crippen LogP contribution >= 0.6 is 0 Å². The lowest BCUT2D eigenvalue weighted by molar-refractivity contribution is -0.143. The van der Waals surface area contributed by atoms with E-state index in [0.717, 1.165) is 13.1 Å². The molecule has 7 nitrogen and oxygen atoms in total. The summed E-state index contributed by atoms with van der Waals surface area (Å²) in [5.41, 5.74) is -2.38. The molecule has 2 heterocycles. The Morgan fingerprint density at radius 2 is 1.60 bits per heavy atom. The first-order valence-corrected chi connectivity index (χ1v) is 13.7. The third-order valence-electron chi connectivity index (χ3n) is 7.72. The molecule has 1 amide bonds. The number of halogens is 6. The molecule has 0 bridgehead atoms. The molecule has 2 aromatic carbocycles. The fourth-order valence-corrected chi connectivity index (χ4v) is 5.42. The molecule has 1 N–H and O–H groups in total. The standard InChI is InChI=1S/C29H35F6N3O4/c1-19-3-4-20(12-26(19)39)11-24-16-36(5-6-37-9-10-42-25(17-37)18-41-2)7-8-38(24)27(40)21-13-22(28(30,31)32)15-23(14-21)29(33,34)35/h3-4,12-15,24-25,39H,5-11,16-18H2,1-2H3/t24-,25-/m1/s1. The number of carbonyl (C=O) groups is 1. The van der Waals surface area contributed by atoms with Crippen molar-refractivity contribution in [1.29, 1.82) is 0 Å². The third-order valence-corrected chi connectivity index (χ3v) is 7.72. The third kappa shape index (κ3) is 8.15. The first kappa shape index (κ1) is 32.1. The number of phenols is 1. The minimum Gasteiger partial charge on any atom is -0.508 e. The number of hydrogen-bond acceptors (Lipinski definition) is 6. The Morgan fingerprint density at radius 3 is 2.19 bits per heavy atom. The number of benzene rings is 2. The van der Waals surface area contributed by atoms with Crippen LogP contribution in [-0.2, 0) is 28.2 Å². The van der Waals surface area contributed by atoms with Crippen molar-refractivity contribution in [3.63, 3.8) is 0 Å². The highest BCUT2D eigenvalue weighted by atomic mass is 19.4. The van der Waals surface area contributed by atoms with E-state index in [0.29, 0.717) is 62.7 Å². The van der Waals surface area contributed by atoms with E-state index in [1.165, 1.54) is 4.90 Å². The number of aromatic hydroxyl groups is 1. The van der Waals surface area contributed by atoms with Gasteiger partial charge >= 0.3 is 12.4 Å². The molecule has 13 heteroatoms. The summed E-state index contributed by atoms with van der Waals surface area (Å²) in [6.07, 6.45) is -9.89. The number of carbonyl (C=O) groups excluding carboxylic acids is 1. The maximum atomic E-state index is 13.6. The van der Waals surface area contributed by atoms with Gasteiger partial charge in [-0.25, -0.2) is 0 Å². The largest absolute Gasteiger partial charge is 0.508 e. The van der Waals surface area contributed by atoms with Gasteiger partial charge in [-0.1, -0.05) is 12.1 Å². The van der Waals surface area contributed by atoms with Gasteiger partial charge in [0.1, 0.15) is 5.75 Å². The lowest BCUT2D eigenvalue weighted by Crippen LogP contribution is -2.57. The minimum atomic E-state index is -5.06. The normalized spacial score (nSPS) is 21.1. The number of rotatable bonds is 8. The molecule has 232 valence electrons. The molecule has 4 rings (SSSR count). The second-order valence-electron chi connectivity index (χ2n) is 10.8. The van der Waals surface area contributed by atoms with Gasteiger partial charge in [0.25, 0.3) is 5.91 Å². The van der Waals surface area contributed by atoms with Crippen LogP contribution in [0, 0.1) is 6.92 Å². The fourth-order valence-electron chi connectivity index (χ4n) is 5.42. The van der Waals surface area contributed by atoms with Crippen LogP contribution in [0.2, 0.25) is 0 Å². The van der Waals surface area contributed by atoms with Crippen LogP contribution in [0.3, 0.4) is 0 Å². The number of phenolic OH excluding ortho intramolecular Hbond substituents is 1. The molecule has 2 aliphatic rings. The molecular weight excluding hydrogens is 568 g/mol. The van der Waals surface area contributed by atoms with Crippen molar-refractivity contribution >= 4 is 5.91 Å². The van der Waals surface area contributed by atoms with Crippen LogP contribution in [0.5, 0.6) is 5.75 Å². The molecule has 0 aromatic heterocycles. The van der Waals surface area contributed by atoms with E-state index >= 15 is 0 Å². The lowest BCUT2D eigenvalue weighted by Gasteiger charge is -2.43. The number of morpholine rings is 1. The first-order valence-electron chi connectivity index (χ1n) is 13.7. The van der Waals surface area contributed by atoms with Crippen LogP contribution in [0.15, 0.2) is 36.4 Å². The van der Waals surface area contributed by atoms with Gasteiger partial charge in [0.05, 0.1) is 30.4 Å². The van der Waals surface area contributed by atoms with E-state index < -0.39 is 41.0 Å². The Labute approximate surface area is 240 Å². The molecule has 2 saturated heterocycles. The summed E-state index contributed by atoms with van der Waals surface area (Å²) in [7, 11) is 1.61. The monoisotopic (exact) mass is 603 g/mol. The molecule has 0 unspecified atom stereocenters. The minimum absolute atomic E-state index is 0.0180. The number of alkyl halides is 6. The molecule has 2 atom stereocenters. The fraction of sp³-hybridized carbons (Fsp3) is 0.552. The van der Waals surface area contributed by atoms with Crippen molar-refractivity contribution in [1.82, 2.24) is 14.7 Å².